The number of nitrogens with one attached hydrogen (secondary N) is 2. The molecule has 2 aromatic rings. The molecule has 3 N–H and O–H groups in total. The van der Waals surface area contributed by atoms with Gasteiger partial charge >= 0.3 is 0 Å². The van der Waals surface area contributed by atoms with Gasteiger partial charge in [-0.25, -0.2) is 4.99 Å². The van der Waals surface area contributed by atoms with Gasteiger partial charge in [-0.15, -0.1) is 0 Å². The number of ether oxygens (including phenoxy) is 1. The van der Waals surface area contributed by atoms with Gasteiger partial charge in [-0.1, -0.05) is 30.3 Å². The Morgan fingerprint density at radius 1 is 1.04 bits per heavy atom. The molecular weight excluding hydrogens is 306 g/mol. The minimum atomic E-state index is 0.0380. The van der Waals surface area contributed by atoms with Crippen LogP contribution in [-0.2, 0) is 17.7 Å². The first-order valence-electron chi connectivity index (χ1n) is 8.15. The van der Waals surface area contributed by atoms with E-state index in [1.165, 1.54) is 0 Å². The number of aliphatic hydroxyl groups excluding tert-OH is 1. The molecule has 6 nitrogen and oxygen atoms in total. The van der Waals surface area contributed by atoms with Crippen LogP contribution in [0, 0.1) is 0 Å². The molecule has 1 aromatic carbocycles. The van der Waals surface area contributed by atoms with Gasteiger partial charge in [0.2, 0.25) is 0 Å². The molecule has 0 fully saturated rings. The van der Waals surface area contributed by atoms with E-state index in [4.69, 9.17) is 14.3 Å². The summed E-state index contributed by atoms with van der Waals surface area (Å²) in [5.41, 5.74) is 1.15. The molecule has 0 aliphatic rings. The Balaban J connectivity index is 1.80. The van der Waals surface area contributed by atoms with E-state index in [1.54, 1.807) is 6.26 Å². The van der Waals surface area contributed by atoms with E-state index in [0.29, 0.717) is 26.3 Å². The average Bonchev–Trinajstić information content (AvgIpc) is 3.13. The molecule has 0 amide bonds. The fourth-order valence-corrected chi connectivity index (χ4v) is 2.10. The van der Waals surface area contributed by atoms with E-state index in [1.807, 2.05) is 42.5 Å². The summed E-state index contributed by atoms with van der Waals surface area (Å²) in [7, 11) is 0. The van der Waals surface area contributed by atoms with Crippen LogP contribution in [0.4, 0.5) is 0 Å². The number of hydrogen-bond donors (Lipinski definition) is 3. The summed E-state index contributed by atoms with van der Waals surface area (Å²) < 4.78 is 10.6. The number of benzene rings is 1. The standard InChI is InChI=1S/C18H25N3O3/c22-11-14-23-13-10-20-18(19-9-8-17-7-4-12-24-17)21-15-16-5-2-1-3-6-16/h1-7,12,22H,8-11,13-15H2,(H2,19,20,21). The molecule has 1 heterocycles. The molecule has 0 atom stereocenters. The number of furan rings is 1. The van der Waals surface area contributed by atoms with Crippen molar-refractivity contribution in [1.29, 1.82) is 0 Å². The minimum absolute atomic E-state index is 0.0380. The van der Waals surface area contributed by atoms with Crippen LogP contribution in [0.2, 0.25) is 0 Å². The van der Waals surface area contributed by atoms with Crippen LogP contribution >= 0.6 is 0 Å². The number of aliphatic imine (C=N–C) groups is 1. The molecule has 0 aliphatic heterocycles. The monoisotopic (exact) mass is 331 g/mol. The summed E-state index contributed by atoms with van der Waals surface area (Å²) in [5, 5.41) is 15.2. The second-order valence-corrected chi connectivity index (χ2v) is 5.17. The zero-order chi connectivity index (χ0) is 16.9. The van der Waals surface area contributed by atoms with Crippen molar-refractivity contribution in [3.05, 3.63) is 60.1 Å². The van der Waals surface area contributed by atoms with Crippen LogP contribution in [0.25, 0.3) is 0 Å². The summed E-state index contributed by atoms with van der Waals surface area (Å²) in [6, 6.07) is 13.9. The van der Waals surface area contributed by atoms with Crippen LogP contribution in [0.3, 0.4) is 0 Å². The number of nitrogens with zero attached hydrogens (tertiary/aromatic N) is 1. The highest BCUT2D eigenvalue weighted by molar-refractivity contribution is 5.79. The lowest BCUT2D eigenvalue weighted by Crippen LogP contribution is -2.40. The fraction of sp³-hybridized carbons (Fsp3) is 0.389. The topological polar surface area (TPSA) is 79.0 Å². The normalized spacial score (nSPS) is 11.5. The largest absolute Gasteiger partial charge is 0.469 e. The quantitative estimate of drug-likeness (QED) is 0.350. The third-order valence-electron chi connectivity index (χ3n) is 3.28. The molecule has 0 saturated carbocycles. The van der Waals surface area contributed by atoms with Crippen molar-refractivity contribution >= 4 is 5.96 Å². The summed E-state index contributed by atoms with van der Waals surface area (Å²) in [5.74, 6) is 1.68. The predicted molar refractivity (Wildman–Crippen MR) is 93.9 cm³/mol. The fourth-order valence-electron chi connectivity index (χ4n) is 2.10. The second-order valence-electron chi connectivity index (χ2n) is 5.17. The zero-order valence-electron chi connectivity index (χ0n) is 13.8. The maximum atomic E-state index is 8.70. The lowest BCUT2D eigenvalue weighted by atomic mass is 10.2. The van der Waals surface area contributed by atoms with Crippen LogP contribution in [0.15, 0.2) is 58.1 Å². The summed E-state index contributed by atoms with van der Waals surface area (Å²) in [6.07, 6.45) is 2.47. The molecule has 0 bridgehead atoms. The van der Waals surface area contributed by atoms with Crippen molar-refractivity contribution in [2.24, 2.45) is 4.99 Å². The van der Waals surface area contributed by atoms with Crippen LogP contribution in [0.5, 0.6) is 0 Å². The molecule has 0 saturated heterocycles. The Morgan fingerprint density at radius 3 is 2.62 bits per heavy atom. The predicted octanol–water partition coefficient (Wildman–Crippen LogP) is 1.57. The molecule has 1 aromatic heterocycles. The third-order valence-corrected chi connectivity index (χ3v) is 3.28. The van der Waals surface area contributed by atoms with Crippen LogP contribution < -0.4 is 10.6 Å². The molecule has 6 heteroatoms. The first kappa shape index (κ1) is 18.0. The van der Waals surface area contributed by atoms with Crippen molar-refractivity contribution in [3.63, 3.8) is 0 Å². The molecular formula is C18H25N3O3. The summed E-state index contributed by atoms with van der Waals surface area (Å²) in [4.78, 5) is 4.59. The lowest BCUT2D eigenvalue weighted by Gasteiger charge is -2.12. The van der Waals surface area contributed by atoms with E-state index in [-0.39, 0.29) is 6.61 Å². The number of rotatable bonds is 10. The number of hydrogen-bond acceptors (Lipinski definition) is 4. The van der Waals surface area contributed by atoms with Crippen molar-refractivity contribution in [2.75, 3.05) is 32.9 Å². The van der Waals surface area contributed by atoms with Gasteiger partial charge in [-0.05, 0) is 17.7 Å². The SMILES string of the molecule is OCCOCCNC(=NCc1ccccc1)NCCc1ccco1. The highest BCUT2D eigenvalue weighted by Crippen LogP contribution is 2.01. The van der Waals surface area contributed by atoms with E-state index in [0.717, 1.165) is 30.2 Å². The highest BCUT2D eigenvalue weighted by Gasteiger charge is 2.01. The smallest absolute Gasteiger partial charge is 0.191 e. The third kappa shape index (κ3) is 7.30. The first-order valence-corrected chi connectivity index (χ1v) is 8.15. The van der Waals surface area contributed by atoms with Gasteiger partial charge in [0, 0.05) is 19.5 Å². The van der Waals surface area contributed by atoms with Crippen molar-refractivity contribution in [1.82, 2.24) is 10.6 Å². The van der Waals surface area contributed by atoms with E-state index in [9.17, 15) is 0 Å². The van der Waals surface area contributed by atoms with E-state index in [2.05, 4.69) is 15.6 Å². The molecule has 24 heavy (non-hydrogen) atoms. The lowest BCUT2D eigenvalue weighted by molar-refractivity contribution is 0.0957. The van der Waals surface area contributed by atoms with Gasteiger partial charge in [0.1, 0.15) is 5.76 Å². The van der Waals surface area contributed by atoms with Crippen molar-refractivity contribution in [3.8, 4) is 0 Å². The molecule has 0 unspecified atom stereocenters. The number of guanidine groups is 1. The Bertz CT molecular complexity index is 570. The molecule has 0 aliphatic carbocycles. The summed E-state index contributed by atoms with van der Waals surface area (Å²) >= 11 is 0. The van der Waals surface area contributed by atoms with E-state index >= 15 is 0 Å². The Labute approximate surface area is 142 Å². The first-order chi connectivity index (χ1) is 11.9. The van der Waals surface area contributed by atoms with Gasteiger partial charge in [-0.3, -0.25) is 0 Å². The maximum Gasteiger partial charge on any atom is 0.191 e. The van der Waals surface area contributed by atoms with Gasteiger partial charge < -0.3 is 24.9 Å². The summed E-state index contributed by atoms with van der Waals surface area (Å²) in [6.45, 7) is 2.87. The van der Waals surface area contributed by atoms with E-state index < -0.39 is 0 Å². The van der Waals surface area contributed by atoms with Gasteiger partial charge in [-0.2, -0.15) is 0 Å². The minimum Gasteiger partial charge on any atom is -0.469 e. The van der Waals surface area contributed by atoms with Crippen LogP contribution in [0.1, 0.15) is 11.3 Å². The van der Waals surface area contributed by atoms with Gasteiger partial charge in [0.05, 0.1) is 32.6 Å². The highest BCUT2D eigenvalue weighted by atomic mass is 16.5. The molecule has 2 rings (SSSR count). The van der Waals surface area contributed by atoms with Gasteiger partial charge in [0.25, 0.3) is 0 Å². The average molecular weight is 331 g/mol. The molecule has 0 radical (unpaired) electrons. The molecule has 0 spiro atoms. The van der Waals surface area contributed by atoms with Crippen molar-refractivity contribution < 1.29 is 14.3 Å². The number of aliphatic hydroxyl groups is 1. The molecule has 130 valence electrons. The van der Waals surface area contributed by atoms with Gasteiger partial charge in [0.15, 0.2) is 5.96 Å². The maximum absolute atomic E-state index is 8.70. The Hall–Kier alpha value is -2.31. The zero-order valence-corrected chi connectivity index (χ0v) is 13.8. The van der Waals surface area contributed by atoms with Crippen molar-refractivity contribution in [2.45, 2.75) is 13.0 Å². The van der Waals surface area contributed by atoms with Crippen LogP contribution in [-0.4, -0.2) is 44.0 Å². The Morgan fingerprint density at radius 2 is 1.88 bits per heavy atom. The Kier molecular flexibility index (Phi) is 8.46. The second kappa shape index (κ2) is 11.3.